The Bertz CT molecular complexity index is 719. The molecule has 2 aromatic carbocycles. The van der Waals surface area contributed by atoms with Gasteiger partial charge < -0.3 is 10.6 Å². The lowest BCUT2D eigenvalue weighted by Crippen LogP contribution is -2.54. The molecule has 1 aliphatic carbocycles. The van der Waals surface area contributed by atoms with Gasteiger partial charge in [0.25, 0.3) is 0 Å². The molecule has 1 heterocycles. The number of hydrogen-bond donors (Lipinski definition) is 2. The van der Waals surface area contributed by atoms with Crippen LogP contribution in [0.3, 0.4) is 0 Å². The summed E-state index contributed by atoms with van der Waals surface area (Å²) in [6, 6.07) is 17.7. The van der Waals surface area contributed by atoms with Gasteiger partial charge in [-0.2, -0.15) is 0 Å². The number of fused-ring (bicyclic) bond motifs is 1. The molecule has 0 radical (unpaired) electrons. The zero-order chi connectivity index (χ0) is 17.2. The summed E-state index contributed by atoms with van der Waals surface area (Å²) in [6.07, 6.45) is 6.24. The average Bonchev–Trinajstić information content (AvgIpc) is 2.63. The number of nitrogens with one attached hydrogen (secondary N) is 2. The second kappa shape index (κ2) is 7.57. The molecule has 0 spiro atoms. The monoisotopic (exact) mass is 374 g/mol. The Morgan fingerprint density at radius 2 is 1.76 bits per heavy atom. The third kappa shape index (κ3) is 3.81. The molecular formula is C21H24Cl2N2. The minimum atomic E-state index is 0.309. The third-order valence-electron chi connectivity index (χ3n) is 5.71. The predicted octanol–water partition coefficient (Wildman–Crippen LogP) is 6.07. The van der Waals surface area contributed by atoms with E-state index in [1.54, 1.807) is 0 Å². The summed E-state index contributed by atoms with van der Waals surface area (Å²) < 4.78 is 0. The van der Waals surface area contributed by atoms with E-state index in [4.69, 9.17) is 23.2 Å². The number of anilines is 1. The van der Waals surface area contributed by atoms with E-state index in [2.05, 4.69) is 47.0 Å². The van der Waals surface area contributed by atoms with Crippen LogP contribution in [0.5, 0.6) is 0 Å². The quantitative estimate of drug-likeness (QED) is 0.681. The Hall–Kier alpha value is -1.22. The summed E-state index contributed by atoms with van der Waals surface area (Å²) in [7, 11) is 0. The highest BCUT2D eigenvalue weighted by Crippen LogP contribution is 2.39. The summed E-state index contributed by atoms with van der Waals surface area (Å²) >= 11 is 12.5. The number of halogens is 2. The smallest absolute Gasteiger partial charge is 0.0468 e. The van der Waals surface area contributed by atoms with Crippen molar-refractivity contribution in [1.29, 1.82) is 0 Å². The Morgan fingerprint density at radius 3 is 2.56 bits per heavy atom. The second-order valence-corrected chi connectivity index (χ2v) is 8.14. The molecule has 2 aliphatic rings. The average molecular weight is 375 g/mol. The van der Waals surface area contributed by atoms with Crippen molar-refractivity contribution in [1.82, 2.24) is 5.32 Å². The summed E-state index contributed by atoms with van der Waals surface area (Å²) in [5.41, 5.74) is 2.38. The molecule has 0 aromatic heterocycles. The van der Waals surface area contributed by atoms with Crippen molar-refractivity contribution in [3.63, 3.8) is 0 Å². The number of benzene rings is 2. The van der Waals surface area contributed by atoms with Gasteiger partial charge in [-0.15, -0.1) is 0 Å². The van der Waals surface area contributed by atoms with Gasteiger partial charge >= 0.3 is 0 Å². The first-order valence-corrected chi connectivity index (χ1v) is 9.99. The predicted molar refractivity (Wildman–Crippen MR) is 107 cm³/mol. The molecular weight excluding hydrogens is 351 g/mol. The topological polar surface area (TPSA) is 24.1 Å². The van der Waals surface area contributed by atoms with E-state index in [-0.39, 0.29) is 0 Å². The lowest BCUT2D eigenvalue weighted by atomic mass is 9.74. The minimum absolute atomic E-state index is 0.309. The molecule has 0 bridgehead atoms. The first-order chi connectivity index (χ1) is 12.2. The van der Waals surface area contributed by atoms with Crippen LogP contribution in [0.15, 0.2) is 48.5 Å². The molecule has 1 saturated heterocycles. The molecule has 4 rings (SSSR count). The zero-order valence-electron chi connectivity index (χ0n) is 14.2. The molecule has 2 nitrogen and oxygen atoms in total. The fourth-order valence-corrected chi connectivity index (χ4v) is 5.04. The first kappa shape index (κ1) is 17.2. The zero-order valence-corrected chi connectivity index (χ0v) is 15.7. The van der Waals surface area contributed by atoms with Gasteiger partial charge in [-0.1, -0.05) is 53.9 Å². The van der Waals surface area contributed by atoms with Crippen LogP contribution in [-0.2, 0) is 0 Å². The molecule has 2 N–H and O–H groups in total. The highest BCUT2D eigenvalue weighted by molar-refractivity contribution is 6.35. The fourth-order valence-electron chi connectivity index (χ4n) is 4.50. The van der Waals surface area contributed by atoms with Gasteiger partial charge in [0.2, 0.25) is 0 Å². The largest absolute Gasteiger partial charge is 0.381 e. The molecule has 132 valence electrons. The van der Waals surface area contributed by atoms with Gasteiger partial charge in [-0.05, 0) is 61.4 Å². The lowest BCUT2D eigenvalue weighted by molar-refractivity contribution is 0.164. The maximum atomic E-state index is 6.46. The van der Waals surface area contributed by atoms with Crippen molar-refractivity contribution in [2.75, 3.05) is 5.32 Å². The van der Waals surface area contributed by atoms with Crippen molar-refractivity contribution in [3.05, 3.63) is 64.1 Å². The minimum Gasteiger partial charge on any atom is -0.381 e. The van der Waals surface area contributed by atoms with E-state index < -0.39 is 0 Å². The van der Waals surface area contributed by atoms with E-state index in [1.165, 1.54) is 36.9 Å². The molecule has 4 unspecified atom stereocenters. The number of hydrogen-bond acceptors (Lipinski definition) is 2. The van der Waals surface area contributed by atoms with E-state index in [0.717, 1.165) is 17.4 Å². The Labute approximate surface area is 159 Å². The van der Waals surface area contributed by atoms with Crippen LogP contribution in [0.2, 0.25) is 10.0 Å². The second-order valence-electron chi connectivity index (χ2n) is 7.30. The number of rotatable bonds is 3. The standard InChI is InChI=1S/C21H24Cl2N2/c22-15-10-11-17(18(23)13-15)19-12-9-14-5-4-8-20(21(14)25-19)24-16-6-2-1-3-7-16/h1-3,6-7,10-11,13-14,19-21,24-25H,4-5,8-9,12H2. The van der Waals surface area contributed by atoms with Crippen molar-refractivity contribution in [2.45, 2.75) is 50.2 Å². The van der Waals surface area contributed by atoms with Crippen LogP contribution in [0.25, 0.3) is 0 Å². The lowest BCUT2D eigenvalue weighted by Gasteiger charge is -2.45. The van der Waals surface area contributed by atoms with Gasteiger partial charge in [0, 0.05) is 33.9 Å². The fraction of sp³-hybridized carbons (Fsp3) is 0.429. The molecule has 4 heteroatoms. The Morgan fingerprint density at radius 1 is 0.920 bits per heavy atom. The molecule has 4 atom stereocenters. The van der Waals surface area contributed by atoms with Gasteiger partial charge in [0.05, 0.1) is 0 Å². The van der Waals surface area contributed by atoms with Crippen LogP contribution in [0.1, 0.15) is 43.7 Å². The molecule has 0 amide bonds. The highest BCUT2D eigenvalue weighted by atomic mass is 35.5. The van der Waals surface area contributed by atoms with Crippen molar-refractivity contribution >= 4 is 28.9 Å². The third-order valence-corrected chi connectivity index (χ3v) is 6.28. The van der Waals surface area contributed by atoms with Crippen molar-refractivity contribution in [3.8, 4) is 0 Å². The number of piperidine rings is 1. The van der Waals surface area contributed by atoms with Crippen molar-refractivity contribution < 1.29 is 0 Å². The summed E-state index contributed by atoms with van der Waals surface area (Å²) in [5, 5.41) is 9.14. The molecule has 1 aliphatic heterocycles. The number of para-hydroxylation sites is 1. The van der Waals surface area contributed by atoms with Crippen LogP contribution >= 0.6 is 23.2 Å². The summed E-state index contributed by atoms with van der Waals surface area (Å²) in [6.45, 7) is 0. The summed E-state index contributed by atoms with van der Waals surface area (Å²) in [5.74, 6) is 0.747. The maximum Gasteiger partial charge on any atom is 0.0468 e. The first-order valence-electron chi connectivity index (χ1n) is 9.23. The van der Waals surface area contributed by atoms with E-state index in [0.29, 0.717) is 23.1 Å². The van der Waals surface area contributed by atoms with Crippen LogP contribution in [0, 0.1) is 5.92 Å². The highest BCUT2D eigenvalue weighted by Gasteiger charge is 2.38. The SMILES string of the molecule is Clc1ccc(C2CCC3CCCC(Nc4ccccc4)C3N2)c(Cl)c1. The van der Waals surface area contributed by atoms with Gasteiger partial charge in [-0.25, -0.2) is 0 Å². The molecule has 1 saturated carbocycles. The normalized spacial score (nSPS) is 29.0. The van der Waals surface area contributed by atoms with E-state index in [9.17, 15) is 0 Å². The van der Waals surface area contributed by atoms with Crippen LogP contribution in [0.4, 0.5) is 5.69 Å². The van der Waals surface area contributed by atoms with Crippen LogP contribution < -0.4 is 10.6 Å². The van der Waals surface area contributed by atoms with Gasteiger partial charge in [0.15, 0.2) is 0 Å². The maximum absolute atomic E-state index is 6.46. The van der Waals surface area contributed by atoms with E-state index in [1.807, 2.05) is 12.1 Å². The van der Waals surface area contributed by atoms with Gasteiger partial charge in [-0.3, -0.25) is 0 Å². The Kier molecular flexibility index (Phi) is 5.21. The molecule has 2 fully saturated rings. The summed E-state index contributed by atoms with van der Waals surface area (Å²) in [4.78, 5) is 0. The van der Waals surface area contributed by atoms with E-state index >= 15 is 0 Å². The molecule has 2 aromatic rings. The Balaban J connectivity index is 1.52. The van der Waals surface area contributed by atoms with Gasteiger partial charge in [0.1, 0.15) is 0 Å². The van der Waals surface area contributed by atoms with Crippen molar-refractivity contribution in [2.24, 2.45) is 5.92 Å². The molecule has 25 heavy (non-hydrogen) atoms. The van der Waals surface area contributed by atoms with Crippen LogP contribution in [-0.4, -0.2) is 12.1 Å².